The lowest BCUT2D eigenvalue weighted by Crippen LogP contribution is -2.14. The second-order valence-corrected chi connectivity index (χ2v) is 5.20. The number of amides is 1. The minimum atomic E-state index is -0.0791. The number of pyridine rings is 1. The molecule has 20 heavy (non-hydrogen) atoms. The number of carbonyl (C=O) groups excluding carboxylic acids is 1. The second-order valence-electron chi connectivity index (χ2n) is 4.21. The maximum absolute atomic E-state index is 11.9. The van der Waals surface area contributed by atoms with Crippen LogP contribution in [0.3, 0.4) is 0 Å². The SMILES string of the molecule is COc1ccc(C)cc1NC(=O)CSc1ccccn1. The van der Waals surface area contributed by atoms with Crippen molar-refractivity contribution < 1.29 is 9.53 Å². The van der Waals surface area contributed by atoms with E-state index < -0.39 is 0 Å². The molecule has 0 aliphatic carbocycles. The van der Waals surface area contributed by atoms with Gasteiger partial charge in [-0.05, 0) is 36.8 Å². The summed E-state index contributed by atoms with van der Waals surface area (Å²) < 4.78 is 5.23. The summed E-state index contributed by atoms with van der Waals surface area (Å²) in [4.78, 5) is 16.1. The Hall–Kier alpha value is -2.01. The van der Waals surface area contributed by atoms with E-state index in [4.69, 9.17) is 4.74 Å². The van der Waals surface area contributed by atoms with Gasteiger partial charge in [0, 0.05) is 6.20 Å². The molecule has 5 heteroatoms. The van der Waals surface area contributed by atoms with E-state index in [0.717, 1.165) is 10.6 Å². The summed E-state index contributed by atoms with van der Waals surface area (Å²) in [7, 11) is 1.59. The van der Waals surface area contributed by atoms with Gasteiger partial charge in [0.15, 0.2) is 0 Å². The fourth-order valence-electron chi connectivity index (χ4n) is 1.68. The fraction of sp³-hybridized carbons (Fsp3) is 0.200. The van der Waals surface area contributed by atoms with Gasteiger partial charge in [0.25, 0.3) is 0 Å². The lowest BCUT2D eigenvalue weighted by molar-refractivity contribution is -0.113. The van der Waals surface area contributed by atoms with Crippen LogP contribution < -0.4 is 10.1 Å². The van der Waals surface area contributed by atoms with Crippen molar-refractivity contribution in [3.8, 4) is 5.75 Å². The van der Waals surface area contributed by atoms with Crippen LogP contribution in [0.2, 0.25) is 0 Å². The van der Waals surface area contributed by atoms with Crippen LogP contribution in [-0.2, 0) is 4.79 Å². The van der Waals surface area contributed by atoms with Gasteiger partial charge in [0.05, 0.1) is 23.6 Å². The normalized spacial score (nSPS) is 10.1. The summed E-state index contributed by atoms with van der Waals surface area (Å²) in [5.74, 6) is 0.894. The highest BCUT2D eigenvalue weighted by atomic mass is 32.2. The average Bonchev–Trinajstić information content (AvgIpc) is 2.46. The molecule has 4 nitrogen and oxygen atoms in total. The Balaban J connectivity index is 1.96. The first-order valence-corrected chi connectivity index (χ1v) is 7.16. The Bertz CT molecular complexity index is 588. The lowest BCUT2D eigenvalue weighted by Gasteiger charge is -2.10. The number of aryl methyl sites for hydroxylation is 1. The van der Waals surface area contributed by atoms with Crippen LogP contribution in [0.15, 0.2) is 47.6 Å². The number of anilines is 1. The van der Waals surface area contributed by atoms with Gasteiger partial charge in [-0.15, -0.1) is 0 Å². The number of methoxy groups -OCH3 is 1. The topological polar surface area (TPSA) is 51.2 Å². The molecule has 0 aliphatic heterocycles. The van der Waals surface area contributed by atoms with Crippen molar-refractivity contribution in [2.45, 2.75) is 11.9 Å². The molecule has 0 saturated heterocycles. The van der Waals surface area contributed by atoms with Crippen LogP contribution in [0.25, 0.3) is 0 Å². The minimum Gasteiger partial charge on any atom is -0.495 e. The average molecular weight is 288 g/mol. The van der Waals surface area contributed by atoms with Crippen LogP contribution in [0, 0.1) is 6.92 Å². The third kappa shape index (κ3) is 3.99. The number of benzene rings is 1. The van der Waals surface area contributed by atoms with Gasteiger partial charge in [-0.25, -0.2) is 4.98 Å². The molecule has 1 N–H and O–H groups in total. The summed E-state index contributed by atoms with van der Waals surface area (Å²) in [6.07, 6.45) is 1.71. The molecule has 0 spiro atoms. The van der Waals surface area contributed by atoms with Crippen molar-refractivity contribution in [1.29, 1.82) is 0 Å². The third-order valence-corrected chi connectivity index (χ3v) is 3.56. The number of hydrogen-bond acceptors (Lipinski definition) is 4. The number of ether oxygens (including phenoxy) is 1. The molecule has 1 aromatic heterocycles. The van der Waals surface area contributed by atoms with Gasteiger partial charge in [0.2, 0.25) is 5.91 Å². The number of aromatic nitrogens is 1. The highest BCUT2D eigenvalue weighted by Crippen LogP contribution is 2.25. The Labute approximate surface area is 122 Å². The largest absolute Gasteiger partial charge is 0.495 e. The van der Waals surface area contributed by atoms with E-state index in [1.807, 2.05) is 43.3 Å². The highest BCUT2D eigenvalue weighted by molar-refractivity contribution is 7.99. The van der Waals surface area contributed by atoms with E-state index in [2.05, 4.69) is 10.3 Å². The molecule has 0 aliphatic rings. The van der Waals surface area contributed by atoms with Crippen molar-refractivity contribution in [2.75, 3.05) is 18.2 Å². The summed E-state index contributed by atoms with van der Waals surface area (Å²) in [5, 5.41) is 3.69. The van der Waals surface area contributed by atoms with Gasteiger partial charge >= 0.3 is 0 Å². The molecular weight excluding hydrogens is 272 g/mol. The van der Waals surface area contributed by atoms with Crippen LogP contribution in [-0.4, -0.2) is 23.8 Å². The quantitative estimate of drug-likeness (QED) is 0.859. The van der Waals surface area contributed by atoms with Crippen LogP contribution in [0.1, 0.15) is 5.56 Å². The van der Waals surface area contributed by atoms with Crippen molar-refractivity contribution in [3.05, 3.63) is 48.2 Å². The van der Waals surface area contributed by atoms with E-state index in [-0.39, 0.29) is 5.91 Å². The van der Waals surface area contributed by atoms with E-state index in [0.29, 0.717) is 17.2 Å². The maximum atomic E-state index is 11.9. The van der Waals surface area contributed by atoms with E-state index >= 15 is 0 Å². The predicted molar refractivity (Wildman–Crippen MR) is 81.3 cm³/mol. The molecule has 0 bridgehead atoms. The van der Waals surface area contributed by atoms with Crippen molar-refractivity contribution in [1.82, 2.24) is 4.98 Å². The van der Waals surface area contributed by atoms with E-state index in [1.165, 1.54) is 11.8 Å². The Morgan fingerprint density at radius 2 is 2.20 bits per heavy atom. The lowest BCUT2D eigenvalue weighted by atomic mass is 10.2. The van der Waals surface area contributed by atoms with Crippen molar-refractivity contribution in [2.24, 2.45) is 0 Å². The number of nitrogens with one attached hydrogen (secondary N) is 1. The zero-order chi connectivity index (χ0) is 14.4. The number of carbonyl (C=O) groups is 1. The van der Waals surface area contributed by atoms with Crippen molar-refractivity contribution in [3.63, 3.8) is 0 Å². The highest BCUT2D eigenvalue weighted by Gasteiger charge is 2.08. The molecule has 1 aromatic carbocycles. The fourth-order valence-corrected chi connectivity index (χ4v) is 2.34. The van der Waals surface area contributed by atoms with Gasteiger partial charge in [0.1, 0.15) is 5.75 Å². The Morgan fingerprint density at radius 1 is 1.35 bits per heavy atom. The molecule has 0 fully saturated rings. The van der Waals surface area contributed by atoms with Gasteiger partial charge in [-0.3, -0.25) is 4.79 Å². The number of rotatable bonds is 5. The van der Waals surface area contributed by atoms with Crippen LogP contribution >= 0.6 is 11.8 Å². The number of thioether (sulfide) groups is 1. The molecular formula is C15H16N2O2S. The number of hydrogen-bond donors (Lipinski definition) is 1. The van der Waals surface area contributed by atoms with Crippen LogP contribution in [0.5, 0.6) is 5.75 Å². The second kappa shape index (κ2) is 6.96. The Kier molecular flexibility index (Phi) is 5.01. The first-order chi connectivity index (χ1) is 9.69. The zero-order valence-corrected chi connectivity index (χ0v) is 12.2. The summed E-state index contributed by atoms with van der Waals surface area (Å²) in [5.41, 5.74) is 1.76. The third-order valence-electron chi connectivity index (χ3n) is 2.62. The summed E-state index contributed by atoms with van der Waals surface area (Å²) in [6.45, 7) is 1.97. The van der Waals surface area contributed by atoms with Gasteiger partial charge in [-0.2, -0.15) is 0 Å². The first-order valence-electron chi connectivity index (χ1n) is 6.17. The van der Waals surface area contributed by atoms with Crippen molar-refractivity contribution >= 4 is 23.4 Å². The molecule has 0 atom stereocenters. The molecule has 0 unspecified atom stereocenters. The molecule has 0 radical (unpaired) electrons. The predicted octanol–water partition coefficient (Wildman–Crippen LogP) is 3.13. The van der Waals surface area contributed by atoms with Gasteiger partial charge < -0.3 is 10.1 Å². The van der Waals surface area contributed by atoms with Gasteiger partial charge in [-0.1, -0.05) is 23.9 Å². The molecule has 1 amide bonds. The standard InChI is InChI=1S/C15H16N2O2S/c1-11-6-7-13(19-2)12(9-11)17-14(18)10-20-15-5-3-4-8-16-15/h3-9H,10H2,1-2H3,(H,17,18). The van der Waals surface area contributed by atoms with Crippen LogP contribution in [0.4, 0.5) is 5.69 Å². The minimum absolute atomic E-state index is 0.0791. The van der Waals surface area contributed by atoms with E-state index in [9.17, 15) is 4.79 Å². The summed E-state index contributed by atoms with van der Waals surface area (Å²) in [6, 6.07) is 11.3. The summed E-state index contributed by atoms with van der Waals surface area (Å²) >= 11 is 1.40. The maximum Gasteiger partial charge on any atom is 0.234 e. The smallest absolute Gasteiger partial charge is 0.234 e. The Morgan fingerprint density at radius 3 is 2.90 bits per heavy atom. The molecule has 2 aromatic rings. The van der Waals surface area contributed by atoms with E-state index in [1.54, 1.807) is 13.3 Å². The molecule has 104 valence electrons. The monoisotopic (exact) mass is 288 g/mol. The zero-order valence-electron chi connectivity index (χ0n) is 11.4. The molecule has 0 saturated carbocycles. The number of nitrogens with zero attached hydrogens (tertiary/aromatic N) is 1. The molecule has 2 rings (SSSR count). The first kappa shape index (κ1) is 14.4. The molecule has 1 heterocycles.